The van der Waals surface area contributed by atoms with E-state index in [0.29, 0.717) is 17.3 Å². The van der Waals surface area contributed by atoms with Gasteiger partial charge in [0.25, 0.3) is 0 Å². The standard InChI is InChI=1S/C21H22ClN5O/c22-17-11-6-7-12-18(17)27(21(28)23-16-9-3-1-4-10-16)15-20-25-24-19-13-5-2-8-14-26(19)20/h1,3-4,6-7,9-12H,2,5,8,13-15H2,(H,23,28). The van der Waals surface area contributed by atoms with Crippen LogP contribution in [0.1, 0.15) is 30.9 Å². The predicted octanol–water partition coefficient (Wildman–Crippen LogP) is 4.90. The molecule has 0 saturated carbocycles. The summed E-state index contributed by atoms with van der Waals surface area (Å²) in [5, 5.41) is 12.2. The Balaban J connectivity index is 1.65. The monoisotopic (exact) mass is 395 g/mol. The molecule has 144 valence electrons. The number of nitrogens with zero attached hydrogens (tertiary/aromatic N) is 4. The van der Waals surface area contributed by atoms with E-state index in [9.17, 15) is 4.79 Å². The number of para-hydroxylation sites is 2. The second-order valence-electron chi connectivity index (χ2n) is 6.83. The van der Waals surface area contributed by atoms with Gasteiger partial charge in [-0.05, 0) is 37.1 Å². The summed E-state index contributed by atoms with van der Waals surface area (Å²) in [7, 11) is 0. The number of rotatable bonds is 4. The number of hydrogen-bond acceptors (Lipinski definition) is 3. The van der Waals surface area contributed by atoms with Crippen LogP contribution in [0.25, 0.3) is 0 Å². The average molecular weight is 396 g/mol. The smallest absolute Gasteiger partial charge is 0.313 e. The summed E-state index contributed by atoms with van der Waals surface area (Å²) in [5.74, 6) is 1.77. The van der Waals surface area contributed by atoms with E-state index >= 15 is 0 Å². The van der Waals surface area contributed by atoms with E-state index in [-0.39, 0.29) is 6.03 Å². The number of carbonyl (C=O) groups excluding carboxylic acids is 1. The van der Waals surface area contributed by atoms with Crippen molar-refractivity contribution in [2.45, 2.75) is 38.8 Å². The second-order valence-corrected chi connectivity index (χ2v) is 7.24. The van der Waals surface area contributed by atoms with Crippen LogP contribution >= 0.6 is 11.6 Å². The first-order chi connectivity index (χ1) is 13.7. The van der Waals surface area contributed by atoms with Crippen molar-refractivity contribution >= 4 is 29.0 Å². The van der Waals surface area contributed by atoms with Gasteiger partial charge in [-0.2, -0.15) is 0 Å². The van der Waals surface area contributed by atoms with Crippen LogP contribution in [0.15, 0.2) is 54.6 Å². The molecule has 4 rings (SSSR count). The van der Waals surface area contributed by atoms with E-state index in [4.69, 9.17) is 11.6 Å². The Kier molecular flexibility index (Phi) is 5.58. The van der Waals surface area contributed by atoms with E-state index < -0.39 is 0 Å². The summed E-state index contributed by atoms with van der Waals surface area (Å²) in [5.41, 5.74) is 1.37. The zero-order valence-electron chi connectivity index (χ0n) is 15.5. The molecule has 0 spiro atoms. The molecule has 0 bridgehead atoms. The van der Waals surface area contributed by atoms with Crippen molar-refractivity contribution in [2.75, 3.05) is 10.2 Å². The van der Waals surface area contributed by atoms with Crippen molar-refractivity contribution in [3.05, 3.63) is 71.3 Å². The molecule has 0 saturated heterocycles. The van der Waals surface area contributed by atoms with Crippen LogP contribution in [0, 0.1) is 0 Å². The molecule has 0 fully saturated rings. The minimum Gasteiger partial charge on any atom is -0.313 e. The van der Waals surface area contributed by atoms with Crippen LogP contribution in [-0.2, 0) is 19.5 Å². The third-order valence-corrected chi connectivity index (χ3v) is 5.22. The minimum absolute atomic E-state index is 0.259. The van der Waals surface area contributed by atoms with Crippen LogP contribution in [0.3, 0.4) is 0 Å². The van der Waals surface area contributed by atoms with Crippen molar-refractivity contribution in [1.29, 1.82) is 0 Å². The van der Waals surface area contributed by atoms with Gasteiger partial charge in [-0.3, -0.25) is 4.90 Å². The summed E-state index contributed by atoms with van der Waals surface area (Å²) < 4.78 is 2.15. The Morgan fingerprint density at radius 2 is 1.82 bits per heavy atom. The van der Waals surface area contributed by atoms with Crippen molar-refractivity contribution in [3.63, 3.8) is 0 Å². The highest BCUT2D eigenvalue weighted by Crippen LogP contribution is 2.28. The molecule has 2 aromatic carbocycles. The molecule has 2 heterocycles. The number of urea groups is 1. The Bertz CT molecular complexity index is 956. The Morgan fingerprint density at radius 1 is 1.04 bits per heavy atom. The molecule has 1 aliphatic heterocycles. The van der Waals surface area contributed by atoms with Gasteiger partial charge in [0.15, 0.2) is 5.82 Å². The lowest BCUT2D eigenvalue weighted by Crippen LogP contribution is -2.35. The highest BCUT2D eigenvalue weighted by atomic mass is 35.5. The van der Waals surface area contributed by atoms with Gasteiger partial charge >= 0.3 is 6.03 Å². The molecule has 28 heavy (non-hydrogen) atoms. The van der Waals surface area contributed by atoms with Crippen molar-refractivity contribution in [1.82, 2.24) is 14.8 Å². The number of anilines is 2. The molecule has 0 unspecified atom stereocenters. The van der Waals surface area contributed by atoms with Gasteiger partial charge in [-0.25, -0.2) is 4.79 Å². The summed E-state index contributed by atoms with van der Waals surface area (Å²) in [4.78, 5) is 14.7. The lowest BCUT2D eigenvalue weighted by molar-refractivity contribution is 0.256. The van der Waals surface area contributed by atoms with E-state index in [1.165, 1.54) is 6.42 Å². The number of nitrogens with one attached hydrogen (secondary N) is 1. The molecule has 0 atom stereocenters. The maximum absolute atomic E-state index is 13.1. The molecular weight excluding hydrogens is 374 g/mol. The first-order valence-corrected chi connectivity index (χ1v) is 9.89. The van der Waals surface area contributed by atoms with E-state index in [2.05, 4.69) is 20.1 Å². The van der Waals surface area contributed by atoms with Gasteiger partial charge in [0.1, 0.15) is 5.82 Å². The summed E-state index contributed by atoms with van der Waals surface area (Å²) in [6.07, 6.45) is 4.34. The Hall–Kier alpha value is -2.86. The number of hydrogen-bond donors (Lipinski definition) is 1. The third kappa shape index (κ3) is 4.02. The first kappa shape index (κ1) is 18.5. The highest BCUT2D eigenvalue weighted by molar-refractivity contribution is 6.33. The molecule has 3 aromatic rings. The topological polar surface area (TPSA) is 63.1 Å². The van der Waals surface area contributed by atoms with Crippen molar-refractivity contribution in [3.8, 4) is 0 Å². The Labute approximate surface area is 169 Å². The number of aryl methyl sites for hydroxylation is 1. The molecule has 7 heteroatoms. The quantitative estimate of drug-likeness (QED) is 0.683. The van der Waals surface area contributed by atoms with Crippen molar-refractivity contribution < 1.29 is 4.79 Å². The number of halogens is 1. The molecule has 1 aromatic heterocycles. The van der Waals surface area contributed by atoms with Gasteiger partial charge < -0.3 is 9.88 Å². The van der Waals surface area contributed by atoms with E-state index in [1.54, 1.807) is 11.0 Å². The molecule has 1 N–H and O–H groups in total. The maximum Gasteiger partial charge on any atom is 0.326 e. The van der Waals surface area contributed by atoms with Gasteiger partial charge in [0.05, 0.1) is 17.3 Å². The minimum atomic E-state index is -0.259. The van der Waals surface area contributed by atoms with Gasteiger partial charge in [0, 0.05) is 18.7 Å². The van der Waals surface area contributed by atoms with Gasteiger partial charge in [0.2, 0.25) is 0 Å². The van der Waals surface area contributed by atoms with Gasteiger partial charge in [-0.1, -0.05) is 48.4 Å². The highest BCUT2D eigenvalue weighted by Gasteiger charge is 2.23. The van der Waals surface area contributed by atoms with Gasteiger partial charge in [-0.15, -0.1) is 10.2 Å². The molecule has 0 radical (unpaired) electrons. The molecule has 0 aliphatic carbocycles. The number of fused-ring (bicyclic) bond motifs is 1. The maximum atomic E-state index is 13.1. The first-order valence-electron chi connectivity index (χ1n) is 9.51. The predicted molar refractivity (Wildman–Crippen MR) is 111 cm³/mol. The fourth-order valence-electron chi connectivity index (χ4n) is 3.45. The summed E-state index contributed by atoms with van der Waals surface area (Å²) in [6, 6.07) is 16.5. The zero-order valence-corrected chi connectivity index (χ0v) is 16.3. The number of benzene rings is 2. The zero-order chi connectivity index (χ0) is 19.3. The van der Waals surface area contributed by atoms with Crippen molar-refractivity contribution in [2.24, 2.45) is 0 Å². The molecule has 2 amide bonds. The van der Waals surface area contributed by atoms with E-state index in [0.717, 1.165) is 43.1 Å². The van der Waals surface area contributed by atoms with E-state index in [1.807, 2.05) is 48.5 Å². The molecular formula is C21H22ClN5O. The largest absolute Gasteiger partial charge is 0.326 e. The number of aromatic nitrogens is 3. The molecule has 1 aliphatic rings. The Morgan fingerprint density at radius 3 is 2.64 bits per heavy atom. The van der Waals surface area contributed by atoms with Crippen LogP contribution in [0.4, 0.5) is 16.2 Å². The normalized spacial score (nSPS) is 13.5. The average Bonchev–Trinajstić information content (AvgIpc) is 2.93. The fourth-order valence-corrected chi connectivity index (χ4v) is 3.69. The number of amides is 2. The van der Waals surface area contributed by atoms with Crippen LogP contribution < -0.4 is 10.2 Å². The summed E-state index contributed by atoms with van der Waals surface area (Å²) >= 11 is 6.41. The van der Waals surface area contributed by atoms with Crippen LogP contribution in [-0.4, -0.2) is 20.8 Å². The van der Waals surface area contributed by atoms with Crippen LogP contribution in [0.2, 0.25) is 5.02 Å². The second kappa shape index (κ2) is 8.44. The molecule has 6 nitrogen and oxygen atoms in total. The van der Waals surface area contributed by atoms with Crippen LogP contribution in [0.5, 0.6) is 0 Å². The third-order valence-electron chi connectivity index (χ3n) is 4.90. The lowest BCUT2D eigenvalue weighted by Gasteiger charge is -2.24. The fraction of sp³-hybridized carbons (Fsp3) is 0.286. The SMILES string of the molecule is O=C(Nc1ccccc1)N(Cc1nnc2n1CCCCC2)c1ccccc1Cl. The number of carbonyl (C=O) groups is 1. The lowest BCUT2D eigenvalue weighted by atomic mass is 10.2. The summed E-state index contributed by atoms with van der Waals surface area (Å²) in [6.45, 7) is 1.18.